The van der Waals surface area contributed by atoms with E-state index in [0.717, 1.165) is 67.1 Å². The van der Waals surface area contributed by atoms with Crippen LogP contribution in [0.15, 0.2) is 128 Å². The van der Waals surface area contributed by atoms with Gasteiger partial charge < -0.3 is 14.7 Å². The molecule has 0 bridgehead atoms. The second-order valence-corrected chi connectivity index (χ2v) is 47.0. The molecule has 0 spiro atoms. The van der Waals surface area contributed by atoms with E-state index in [1.807, 2.05) is 108 Å². The summed E-state index contributed by atoms with van der Waals surface area (Å²) in [6, 6.07) is 41.8. The Hall–Kier alpha value is -2.53. The van der Waals surface area contributed by atoms with E-state index in [9.17, 15) is 0 Å². The summed E-state index contributed by atoms with van der Waals surface area (Å²) in [5, 5.41) is 0. The molecule has 0 N–H and O–H groups in total. The number of pyridine rings is 1. The summed E-state index contributed by atoms with van der Waals surface area (Å²) in [7, 11) is 34.6. The molecule has 0 radical (unpaired) electrons. The number of benzene rings is 5. The summed E-state index contributed by atoms with van der Waals surface area (Å²) in [5.74, 6) is 3.94. The predicted octanol–water partition coefficient (Wildman–Crippen LogP) is 25.5. The van der Waals surface area contributed by atoms with Crippen molar-refractivity contribution < 1.29 is 50.0 Å². The van der Waals surface area contributed by atoms with E-state index in [4.69, 9.17) is 67.6 Å². The summed E-state index contributed by atoms with van der Waals surface area (Å²) in [6.45, 7) is 59.3. The molecule has 0 atom stereocenters. The number of aromatic nitrogens is 1. The van der Waals surface area contributed by atoms with Gasteiger partial charge in [-0.1, -0.05) is 185 Å². The van der Waals surface area contributed by atoms with E-state index in [2.05, 4.69) is 219 Å². The van der Waals surface area contributed by atoms with Gasteiger partial charge in [0.15, 0.2) is 0 Å². The van der Waals surface area contributed by atoms with Gasteiger partial charge >= 0.3 is 281 Å². The van der Waals surface area contributed by atoms with Crippen LogP contribution < -0.4 is 24.2 Å². The first kappa shape index (κ1) is 86.9. The van der Waals surface area contributed by atoms with Crippen molar-refractivity contribution in [3.05, 3.63) is 197 Å². The molecule has 3 aliphatic rings. The summed E-state index contributed by atoms with van der Waals surface area (Å²) < 4.78 is 17.0. The first-order valence-corrected chi connectivity index (χ1v) is 51.0. The third-order valence-electron chi connectivity index (χ3n) is 16.8. The molecule has 5 aromatic carbocycles. The van der Waals surface area contributed by atoms with Gasteiger partial charge in [0, 0.05) is 22.6 Å². The number of anilines is 3. The second-order valence-electron chi connectivity index (χ2n) is 29.7. The first-order chi connectivity index (χ1) is 45.4. The molecule has 0 unspecified atom stereocenters. The summed E-state index contributed by atoms with van der Waals surface area (Å²) in [5.41, 5.74) is 17.5. The van der Waals surface area contributed by atoms with E-state index >= 15 is 0 Å². The van der Waals surface area contributed by atoms with E-state index in [0.29, 0.717) is 34.5 Å². The maximum atomic E-state index is 5.82. The van der Waals surface area contributed by atoms with Gasteiger partial charge in [0.05, 0.1) is 0 Å². The molecule has 0 saturated carbocycles. The van der Waals surface area contributed by atoms with Gasteiger partial charge in [-0.3, -0.25) is 0 Å². The van der Waals surface area contributed by atoms with Crippen LogP contribution in [0.2, 0.25) is 0 Å². The van der Waals surface area contributed by atoms with Crippen molar-refractivity contribution in [2.24, 2.45) is 16.2 Å². The van der Waals surface area contributed by atoms with Gasteiger partial charge in [0.2, 0.25) is 0 Å². The van der Waals surface area contributed by atoms with Crippen LogP contribution in [0.3, 0.4) is 0 Å². The summed E-state index contributed by atoms with van der Waals surface area (Å²) in [4.78, 5) is 11.7. The zero-order valence-corrected chi connectivity index (χ0v) is 72.1. The molecule has 0 amide bonds. The van der Waals surface area contributed by atoms with Gasteiger partial charge in [-0.25, -0.2) is 19.6 Å². The molecule has 15 heteroatoms. The zero-order chi connectivity index (χ0) is 72.6. The molecule has 4 heterocycles. The molecule has 0 aliphatic carbocycles. The van der Waals surface area contributed by atoms with Crippen LogP contribution in [0, 0.1) is 35.9 Å². The normalized spacial score (nSPS) is 16.0. The van der Waals surface area contributed by atoms with Gasteiger partial charge in [-0.2, -0.15) is 0 Å². The average molecular weight is 1710 g/mol. The second kappa shape index (κ2) is 41.7. The third-order valence-corrected chi connectivity index (χ3v) is 22.8. The number of ether oxygens (including phenoxy) is 2. The molecule has 97 heavy (non-hydrogen) atoms. The van der Waals surface area contributed by atoms with Crippen molar-refractivity contribution in [2.75, 3.05) is 27.8 Å². The molecular weight excluding hydrogens is 1590 g/mol. The first-order valence-electron chi connectivity index (χ1n) is 34.6. The number of halogens is 6. The standard InChI is InChI=1S/C20H32N.C18H28N.C16H24N.2C10H12O.C8H9N.6ClH.3Ru/c1-14(2)16-10-9-11-17(15(3)4)18(16)21-13-19(5,6)12-20(21,7)8;1-13(2)15-8-7-9-16(14(3)4)17(15)19-11-10-18(5,6)12-19;1-5-13-8-7-9-14(6-2)15(13)17-11-10-16(3,4)12-17;2*1-8(2)11-10-7-5-4-6-9(10)3;1-2-5-8-6-3-4-7-9-8;;;;;;;;;/h9-11,13-15H,12H2,1-8H3;7-9,12-14H,10-11H2,1-6H3;7-9,12H,5-6,10-11H2,1-4H3;2*3-8H,1-2H3;1,3-4,6-7H,2,5H2;6*1H;;;/q3*-1;;;;;;;;;;3*+2/p-6. The van der Waals surface area contributed by atoms with Crippen LogP contribution in [0.5, 0.6) is 11.5 Å². The van der Waals surface area contributed by atoms with Crippen LogP contribution >= 0.6 is 58.1 Å². The van der Waals surface area contributed by atoms with E-state index in [-0.39, 0.29) is 23.2 Å². The topological polar surface area (TPSA) is 41.1 Å². The average Bonchev–Trinajstić information content (AvgIpc) is 1.66. The fraction of sp³-hybridized carbons (Fsp3) is 0.500. The van der Waals surface area contributed by atoms with Crippen LogP contribution in [0.1, 0.15) is 252 Å². The minimum absolute atomic E-state index is 0.163. The molecule has 1 aromatic heterocycles. The van der Waals surface area contributed by atoms with Crippen LogP contribution in [0.4, 0.5) is 17.1 Å². The Labute approximate surface area is 629 Å². The van der Waals surface area contributed by atoms with Crippen molar-refractivity contribution in [1.29, 1.82) is 0 Å². The van der Waals surface area contributed by atoms with Gasteiger partial charge in [0.1, 0.15) is 0 Å². The molecule has 3 aliphatic heterocycles. The molecule has 3 saturated heterocycles. The molecular formula is C82H117Cl6N4O2Ru3-3. The summed E-state index contributed by atoms with van der Waals surface area (Å²) >= 11 is -5.10. The van der Waals surface area contributed by atoms with Crippen molar-refractivity contribution in [2.45, 2.75) is 239 Å². The molecule has 6 nitrogen and oxygen atoms in total. The quantitative estimate of drug-likeness (QED) is 0.0631. The van der Waals surface area contributed by atoms with E-state index in [1.54, 1.807) is 6.20 Å². The number of nitrogens with zero attached hydrogens (tertiary/aromatic N) is 4. The van der Waals surface area contributed by atoms with Crippen LogP contribution in [-0.4, -0.2) is 49.6 Å². The zero-order valence-electron chi connectivity index (χ0n) is 62.4. The van der Waals surface area contributed by atoms with Crippen LogP contribution in [0.25, 0.3) is 0 Å². The molecule has 6 aromatic rings. The van der Waals surface area contributed by atoms with Crippen molar-refractivity contribution in [3.63, 3.8) is 0 Å². The fourth-order valence-corrected chi connectivity index (χ4v) is 17.6. The number of para-hydroxylation sites is 5. The van der Waals surface area contributed by atoms with E-state index in [1.165, 1.54) is 69.7 Å². The number of hydrogen-bond acceptors (Lipinski definition) is 6. The monoisotopic (exact) mass is 1710 g/mol. The van der Waals surface area contributed by atoms with Gasteiger partial charge in [0.25, 0.3) is 0 Å². The predicted molar refractivity (Wildman–Crippen MR) is 422 cm³/mol. The minimum atomic E-state index is -1.77. The SMILES string of the molecule is CC(C)Oc1ccccc1[CH]=[Ru]([Cl])[Cl].CC(C)Oc1ccccc1[CH]=[Ru]([Cl])[Cl].CC(C)c1cccc(C(C)C)c1N1[CH-]C(C)(C)CC1.CC(C)c1cccc(C(C)C)c1N1[CH-]C(C)(C)CC1(C)C.CCc1cccc(CC)c1N1[CH-]C(C)(C)CC1.[Cl][Ru]([Cl])=[CH]CCc1ccccn1. The van der Waals surface area contributed by atoms with Crippen molar-refractivity contribution in [3.8, 4) is 11.5 Å². The molecule has 3 fully saturated rings. The molecule has 546 valence electrons. The summed E-state index contributed by atoms with van der Waals surface area (Å²) in [6.07, 6.45) is 9.93. The number of hydrogen-bond donors (Lipinski definition) is 0. The molecule has 9 rings (SSSR count). The Balaban J connectivity index is 0.000000250. The van der Waals surface area contributed by atoms with Gasteiger partial charge in [-0.15, -0.1) is 16.2 Å². The van der Waals surface area contributed by atoms with E-state index < -0.39 is 40.6 Å². The van der Waals surface area contributed by atoms with Crippen molar-refractivity contribution >= 4 is 89.0 Å². The maximum absolute atomic E-state index is 5.82. The number of rotatable bonds is 18. The Bertz CT molecular complexity index is 3300. The number of aryl methyl sites for hydroxylation is 3. The Morgan fingerprint density at radius 3 is 1.19 bits per heavy atom. The Kier molecular flexibility index (Phi) is 37.3. The Morgan fingerprint density at radius 1 is 0.464 bits per heavy atom. The third kappa shape index (κ3) is 29.6. The fourth-order valence-electron chi connectivity index (χ4n) is 12.5. The van der Waals surface area contributed by atoms with Crippen LogP contribution in [-0.2, 0) is 59.8 Å². The van der Waals surface area contributed by atoms with Crippen molar-refractivity contribution in [1.82, 2.24) is 4.98 Å². The van der Waals surface area contributed by atoms with Gasteiger partial charge in [-0.05, 0) is 96.8 Å². The Morgan fingerprint density at radius 2 is 0.856 bits per heavy atom.